The summed E-state index contributed by atoms with van der Waals surface area (Å²) in [5, 5.41) is 0. The second kappa shape index (κ2) is 10.7. The predicted octanol–water partition coefficient (Wildman–Crippen LogP) is 6.10. The Balaban J connectivity index is 1.55. The molecule has 0 unspecified atom stereocenters. The van der Waals surface area contributed by atoms with Gasteiger partial charge < -0.3 is 4.90 Å². The van der Waals surface area contributed by atoms with Crippen LogP contribution in [-0.2, 0) is 17.9 Å². The lowest BCUT2D eigenvalue weighted by Crippen LogP contribution is -2.30. The van der Waals surface area contributed by atoms with Crippen LogP contribution in [0.1, 0.15) is 29.5 Å². The van der Waals surface area contributed by atoms with Crippen molar-refractivity contribution in [3.8, 4) is 0 Å². The van der Waals surface area contributed by atoms with E-state index in [0.29, 0.717) is 19.5 Å². The number of hydrogen-bond donors (Lipinski definition) is 0. The molecule has 3 rings (SSSR count). The Morgan fingerprint density at radius 2 is 1.32 bits per heavy atom. The van der Waals surface area contributed by atoms with E-state index in [4.69, 9.17) is 0 Å². The molecule has 0 spiro atoms. The van der Waals surface area contributed by atoms with Gasteiger partial charge >= 0.3 is 0 Å². The summed E-state index contributed by atoms with van der Waals surface area (Å²) in [5.41, 5.74) is 3.61. The molecule has 3 aromatic carbocycles. The summed E-state index contributed by atoms with van der Waals surface area (Å²) in [5.74, 6) is 1.18. The summed E-state index contributed by atoms with van der Waals surface area (Å²) in [6, 6.07) is 29.0. The van der Waals surface area contributed by atoms with Crippen molar-refractivity contribution >= 4 is 17.7 Å². The largest absolute Gasteiger partial charge is 0.334 e. The van der Waals surface area contributed by atoms with E-state index in [1.165, 1.54) is 21.6 Å². The molecule has 0 aliphatic rings. The number of nitrogens with zero attached hydrogens (tertiary/aromatic N) is 1. The highest BCUT2D eigenvalue weighted by molar-refractivity contribution is 7.99. The van der Waals surface area contributed by atoms with Crippen molar-refractivity contribution in [2.45, 2.75) is 37.8 Å². The number of hydrogen-bond acceptors (Lipinski definition) is 2. The lowest BCUT2D eigenvalue weighted by Gasteiger charge is -2.23. The lowest BCUT2D eigenvalue weighted by atomic mass is 10.1. The molecule has 0 radical (unpaired) electrons. The molecule has 0 aliphatic carbocycles. The van der Waals surface area contributed by atoms with Gasteiger partial charge in [0.1, 0.15) is 0 Å². The standard InChI is InChI=1S/C25H27NOS/c1-21-14-16-24(17-15-21)28-18-8-13-25(27)26(19-22-9-4-2-5-10-22)20-23-11-6-3-7-12-23/h2-7,9-12,14-17H,8,13,18-20H2,1H3. The average Bonchev–Trinajstić information content (AvgIpc) is 2.73. The molecule has 3 aromatic rings. The van der Waals surface area contributed by atoms with E-state index in [1.807, 2.05) is 53.1 Å². The molecule has 0 fully saturated rings. The van der Waals surface area contributed by atoms with E-state index >= 15 is 0 Å². The van der Waals surface area contributed by atoms with Crippen LogP contribution in [-0.4, -0.2) is 16.6 Å². The van der Waals surface area contributed by atoms with E-state index in [9.17, 15) is 4.79 Å². The normalized spacial score (nSPS) is 10.6. The Bertz CT molecular complexity index is 805. The number of aryl methyl sites for hydroxylation is 1. The Labute approximate surface area is 172 Å². The van der Waals surface area contributed by atoms with Crippen LogP contribution < -0.4 is 0 Å². The van der Waals surface area contributed by atoms with E-state index in [1.54, 1.807) is 0 Å². The number of amides is 1. The summed E-state index contributed by atoms with van der Waals surface area (Å²) in [7, 11) is 0. The maximum Gasteiger partial charge on any atom is 0.223 e. The van der Waals surface area contributed by atoms with Gasteiger partial charge in [-0.05, 0) is 42.4 Å². The molecule has 3 heteroatoms. The van der Waals surface area contributed by atoms with Crippen molar-refractivity contribution in [1.82, 2.24) is 4.90 Å². The van der Waals surface area contributed by atoms with E-state index < -0.39 is 0 Å². The van der Waals surface area contributed by atoms with E-state index in [2.05, 4.69) is 55.5 Å². The van der Waals surface area contributed by atoms with Crippen LogP contribution in [0.15, 0.2) is 89.8 Å². The highest BCUT2D eigenvalue weighted by atomic mass is 32.2. The first-order valence-corrected chi connectivity index (χ1v) is 10.7. The summed E-state index contributed by atoms with van der Waals surface area (Å²) in [6.45, 7) is 3.40. The highest BCUT2D eigenvalue weighted by Crippen LogP contribution is 2.20. The maximum absolute atomic E-state index is 12.9. The number of benzene rings is 3. The van der Waals surface area contributed by atoms with Crippen LogP contribution in [0.5, 0.6) is 0 Å². The molecular formula is C25H27NOS. The van der Waals surface area contributed by atoms with Gasteiger partial charge in [-0.15, -0.1) is 11.8 Å². The molecule has 2 nitrogen and oxygen atoms in total. The Morgan fingerprint density at radius 1 is 0.786 bits per heavy atom. The highest BCUT2D eigenvalue weighted by Gasteiger charge is 2.14. The van der Waals surface area contributed by atoms with Crippen molar-refractivity contribution in [3.05, 3.63) is 102 Å². The van der Waals surface area contributed by atoms with E-state index in [0.717, 1.165) is 12.2 Å². The minimum atomic E-state index is 0.220. The SMILES string of the molecule is Cc1ccc(SCCCC(=O)N(Cc2ccccc2)Cc2ccccc2)cc1. The van der Waals surface area contributed by atoms with Crippen LogP contribution in [0, 0.1) is 6.92 Å². The number of thioether (sulfide) groups is 1. The molecule has 0 saturated heterocycles. The average molecular weight is 390 g/mol. The zero-order valence-electron chi connectivity index (χ0n) is 16.4. The van der Waals surface area contributed by atoms with Crippen LogP contribution >= 0.6 is 11.8 Å². The fourth-order valence-corrected chi connectivity index (χ4v) is 3.90. The molecule has 0 bridgehead atoms. The molecule has 0 atom stereocenters. The Kier molecular flexibility index (Phi) is 7.74. The third-order valence-electron chi connectivity index (χ3n) is 4.61. The van der Waals surface area contributed by atoms with Crippen LogP contribution in [0.3, 0.4) is 0 Å². The minimum Gasteiger partial charge on any atom is -0.334 e. The molecule has 28 heavy (non-hydrogen) atoms. The second-order valence-electron chi connectivity index (χ2n) is 6.99. The van der Waals surface area contributed by atoms with Crippen LogP contribution in [0.25, 0.3) is 0 Å². The summed E-state index contributed by atoms with van der Waals surface area (Å²) in [4.78, 5) is 16.2. The van der Waals surface area contributed by atoms with Gasteiger partial charge in [-0.2, -0.15) is 0 Å². The topological polar surface area (TPSA) is 20.3 Å². The first-order chi connectivity index (χ1) is 13.7. The molecule has 144 valence electrons. The van der Waals surface area contributed by atoms with Gasteiger partial charge in [0.15, 0.2) is 0 Å². The lowest BCUT2D eigenvalue weighted by molar-refractivity contribution is -0.132. The van der Waals surface area contributed by atoms with Gasteiger partial charge in [0.25, 0.3) is 0 Å². The summed E-state index contributed by atoms with van der Waals surface area (Å²) >= 11 is 1.82. The van der Waals surface area contributed by atoms with E-state index in [-0.39, 0.29) is 5.91 Å². The number of carbonyl (C=O) groups is 1. The Hall–Kier alpha value is -2.52. The first-order valence-electron chi connectivity index (χ1n) is 9.76. The zero-order valence-corrected chi connectivity index (χ0v) is 17.2. The molecule has 0 heterocycles. The maximum atomic E-state index is 12.9. The quantitative estimate of drug-likeness (QED) is 0.326. The third-order valence-corrected chi connectivity index (χ3v) is 5.71. The molecular weight excluding hydrogens is 362 g/mol. The summed E-state index contributed by atoms with van der Waals surface area (Å²) < 4.78 is 0. The number of carbonyl (C=O) groups excluding carboxylic acids is 1. The van der Waals surface area contributed by atoms with Gasteiger partial charge in [-0.25, -0.2) is 0 Å². The third kappa shape index (κ3) is 6.58. The van der Waals surface area contributed by atoms with Gasteiger partial charge in [0.2, 0.25) is 5.91 Å². The predicted molar refractivity (Wildman–Crippen MR) is 118 cm³/mol. The minimum absolute atomic E-state index is 0.220. The second-order valence-corrected chi connectivity index (χ2v) is 8.15. The molecule has 0 saturated carbocycles. The van der Waals surface area contributed by atoms with Gasteiger partial charge in [0, 0.05) is 24.4 Å². The smallest absolute Gasteiger partial charge is 0.223 e. The van der Waals surface area contributed by atoms with Crippen molar-refractivity contribution in [3.63, 3.8) is 0 Å². The Morgan fingerprint density at radius 3 is 1.86 bits per heavy atom. The van der Waals surface area contributed by atoms with Crippen LogP contribution in [0.2, 0.25) is 0 Å². The fraction of sp³-hybridized carbons (Fsp3) is 0.240. The van der Waals surface area contributed by atoms with Gasteiger partial charge in [-0.3, -0.25) is 4.79 Å². The summed E-state index contributed by atoms with van der Waals surface area (Å²) in [6.07, 6.45) is 1.47. The van der Waals surface area contributed by atoms with Gasteiger partial charge in [-0.1, -0.05) is 78.4 Å². The molecule has 0 aliphatic heterocycles. The van der Waals surface area contributed by atoms with Crippen LogP contribution in [0.4, 0.5) is 0 Å². The van der Waals surface area contributed by atoms with Gasteiger partial charge in [0.05, 0.1) is 0 Å². The van der Waals surface area contributed by atoms with Crippen molar-refractivity contribution in [1.29, 1.82) is 0 Å². The zero-order chi connectivity index (χ0) is 19.6. The monoisotopic (exact) mass is 389 g/mol. The number of rotatable bonds is 9. The van der Waals surface area contributed by atoms with Crippen molar-refractivity contribution in [2.75, 3.05) is 5.75 Å². The molecule has 0 aromatic heterocycles. The first kappa shape index (κ1) is 20.2. The molecule has 1 amide bonds. The van der Waals surface area contributed by atoms with Crippen molar-refractivity contribution < 1.29 is 4.79 Å². The molecule has 0 N–H and O–H groups in total. The van der Waals surface area contributed by atoms with Crippen molar-refractivity contribution in [2.24, 2.45) is 0 Å². The fourth-order valence-electron chi connectivity index (χ4n) is 3.05.